The molecular formula is C10H14N2O2. The molecule has 0 atom stereocenters. The number of nitrogens with one attached hydrogen (secondary N) is 1. The van der Waals surface area contributed by atoms with Crippen LogP contribution in [0, 0.1) is 0 Å². The van der Waals surface area contributed by atoms with Gasteiger partial charge in [-0.25, -0.2) is 4.79 Å². The molecule has 2 rings (SSSR count). The van der Waals surface area contributed by atoms with Gasteiger partial charge in [-0.15, -0.1) is 0 Å². The van der Waals surface area contributed by atoms with E-state index in [-0.39, 0.29) is 6.09 Å². The van der Waals surface area contributed by atoms with Crippen LogP contribution >= 0.6 is 0 Å². The summed E-state index contributed by atoms with van der Waals surface area (Å²) in [6.45, 7) is 4.43. The van der Waals surface area contributed by atoms with Gasteiger partial charge in [-0.2, -0.15) is 0 Å². The molecule has 0 spiro atoms. The van der Waals surface area contributed by atoms with Gasteiger partial charge in [0.05, 0.1) is 19.7 Å². The van der Waals surface area contributed by atoms with E-state index < -0.39 is 0 Å². The van der Waals surface area contributed by atoms with Crippen LogP contribution in [0.15, 0.2) is 23.4 Å². The van der Waals surface area contributed by atoms with Crippen LogP contribution in [-0.4, -0.2) is 37.2 Å². The number of ether oxygens (including phenoxy) is 1. The second-order valence-corrected chi connectivity index (χ2v) is 3.34. The first-order valence-corrected chi connectivity index (χ1v) is 4.85. The normalized spacial score (nSPS) is 19.4. The van der Waals surface area contributed by atoms with Crippen molar-refractivity contribution < 1.29 is 9.53 Å². The number of carbonyl (C=O) groups excluding carboxylic acids is 1. The fraction of sp³-hybridized carbons (Fsp3) is 0.500. The number of carbonyl (C=O) groups is 1. The Labute approximate surface area is 83.2 Å². The molecule has 0 aromatic heterocycles. The van der Waals surface area contributed by atoms with Gasteiger partial charge >= 0.3 is 6.09 Å². The fourth-order valence-corrected chi connectivity index (χ4v) is 1.70. The molecule has 4 nitrogen and oxygen atoms in total. The Hall–Kier alpha value is -1.45. The van der Waals surface area contributed by atoms with Crippen molar-refractivity contribution >= 4 is 6.09 Å². The van der Waals surface area contributed by atoms with Crippen LogP contribution in [0.3, 0.4) is 0 Å². The average Bonchev–Trinajstić information content (AvgIpc) is 2.61. The number of hydrogen-bond acceptors (Lipinski definition) is 3. The Morgan fingerprint density at radius 1 is 1.64 bits per heavy atom. The Morgan fingerprint density at radius 2 is 2.50 bits per heavy atom. The third-order valence-corrected chi connectivity index (χ3v) is 2.38. The van der Waals surface area contributed by atoms with E-state index in [2.05, 4.69) is 17.5 Å². The highest BCUT2D eigenvalue weighted by Gasteiger charge is 2.26. The van der Waals surface area contributed by atoms with Crippen LogP contribution in [0.1, 0.15) is 6.92 Å². The topological polar surface area (TPSA) is 41.6 Å². The van der Waals surface area contributed by atoms with Gasteiger partial charge in [0.15, 0.2) is 0 Å². The van der Waals surface area contributed by atoms with E-state index in [4.69, 9.17) is 4.74 Å². The lowest BCUT2D eigenvalue weighted by Gasteiger charge is -2.15. The molecule has 0 saturated heterocycles. The molecule has 0 fully saturated rings. The molecule has 0 unspecified atom stereocenters. The molecule has 14 heavy (non-hydrogen) atoms. The first-order valence-electron chi connectivity index (χ1n) is 4.85. The minimum atomic E-state index is -0.225. The van der Waals surface area contributed by atoms with E-state index in [9.17, 15) is 4.79 Å². The molecule has 0 radical (unpaired) electrons. The molecule has 76 valence electrons. The van der Waals surface area contributed by atoms with Crippen molar-refractivity contribution in [3.05, 3.63) is 23.4 Å². The highest BCUT2D eigenvalue weighted by molar-refractivity contribution is 5.69. The van der Waals surface area contributed by atoms with E-state index in [1.165, 1.54) is 5.57 Å². The maximum atomic E-state index is 11.4. The van der Waals surface area contributed by atoms with Crippen molar-refractivity contribution in [1.29, 1.82) is 0 Å². The number of hydrogen-bond donors (Lipinski definition) is 1. The van der Waals surface area contributed by atoms with Gasteiger partial charge in [0.25, 0.3) is 0 Å². The SMILES string of the molecule is CCOC(=O)N1CC2=C(C1)NCC=C2. The van der Waals surface area contributed by atoms with E-state index >= 15 is 0 Å². The Balaban J connectivity index is 1.98. The molecule has 1 amide bonds. The monoisotopic (exact) mass is 194 g/mol. The standard InChI is InChI=1S/C10H14N2O2/c1-2-14-10(13)12-6-8-4-3-5-11-9(8)7-12/h3-4,11H,2,5-7H2,1H3. The Morgan fingerprint density at radius 3 is 3.21 bits per heavy atom. The summed E-state index contributed by atoms with van der Waals surface area (Å²) < 4.78 is 4.94. The molecule has 1 N–H and O–H groups in total. The first-order chi connectivity index (χ1) is 6.81. The molecule has 0 aliphatic carbocycles. The van der Waals surface area contributed by atoms with E-state index in [1.807, 2.05) is 6.92 Å². The minimum Gasteiger partial charge on any atom is -0.450 e. The predicted molar refractivity (Wildman–Crippen MR) is 52.8 cm³/mol. The summed E-state index contributed by atoms with van der Waals surface area (Å²) in [4.78, 5) is 13.1. The van der Waals surface area contributed by atoms with Crippen LogP contribution < -0.4 is 5.32 Å². The molecule has 2 aliphatic heterocycles. The molecule has 2 heterocycles. The van der Waals surface area contributed by atoms with Crippen LogP contribution in [0.5, 0.6) is 0 Å². The van der Waals surface area contributed by atoms with Gasteiger partial charge in [0, 0.05) is 12.2 Å². The third kappa shape index (κ3) is 1.60. The molecule has 0 aromatic carbocycles. The zero-order valence-electron chi connectivity index (χ0n) is 8.25. The van der Waals surface area contributed by atoms with Crippen LogP contribution in [-0.2, 0) is 4.74 Å². The molecule has 0 saturated carbocycles. The summed E-state index contributed by atoms with van der Waals surface area (Å²) in [5, 5.41) is 3.25. The van der Waals surface area contributed by atoms with Crippen molar-refractivity contribution in [3.63, 3.8) is 0 Å². The van der Waals surface area contributed by atoms with Gasteiger partial charge in [0.1, 0.15) is 0 Å². The van der Waals surface area contributed by atoms with E-state index in [0.717, 1.165) is 12.2 Å². The van der Waals surface area contributed by atoms with Crippen LogP contribution in [0.2, 0.25) is 0 Å². The van der Waals surface area contributed by atoms with E-state index in [0.29, 0.717) is 19.7 Å². The van der Waals surface area contributed by atoms with Crippen molar-refractivity contribution in [3.8, 4) is 0 Å². The number of rotatable bonds is 1. The molecule has 0 aromatic rings. The smallest absolute Gasteiger partial charge is 0.410 e. The van der Waals surface area contributed by atoms with E-state index in [1.54, 1.807) is 4.90 Å². The van der Waals surface area contributed by atoms with Gasteiger partial charge < -0.3 is 10.1 Å². The molecular weight excluding hydrogens is 180 g/mol. The van der Waals surface area contributed by atoms with Crippen molar-refractivity contribution in [2.45, 2.75) is 6.92 Å². The maximum absolute atomic E-state index is 11.4. The Kier molecular flexibility index (Phi) is 2.43. The molecule has 0 bridgehead atoms. The summed E-state index contributed by atoms with van der Waals surface area (Å²) >= 11 is 0. The second-order valence-electron chi connectivity index (χ2n) is 3.34. The zero-order chi connectivity index (χ0) is 9.97. The minimum absolute atomic E-state index is 0.225. The summed E-state index contributed by atoms with van der Waals surface area (Å²) in [6, 6.07) is 0. The van der Waals surface area contributed by atoms with Crippen LogP contribution in [0.25, 0.3) is 0 Å². The molecule has 2 aliphatic rings. The summed E-state index contributed by atoms with van der Waals surface area (Å²) in [5.74, 6) is 0. The lowest BCUT2D eigenvalue weighted by molar-refractivity contribution is 0.116. The summed E-state index contributed by atoms with van der Waals surface area (Å²) in [6.07, 6.45) is 3.91. The highest BCUT2D eigenvalue weighted by Crippen LogP contribution is 2.19. The van der Waals surface area contributed by atoms with Crippen molar-refractivity contribution in [2.24, 2.45) is 0 Å². The van der Waals surface area contributed by atoms with Gasteiger partial charge in [-0.3, -0.25) is 4.90 Å². The average molecular weight is 194 g/mol. The lowest BCUT2D eigenvalue weighted by atomic mass is 10.2. The highest BCUT2D eigenvalue weighted by atomic mass is 16.6. The maximum Gasteiger partial charge on any atom is 0.410 e. The second kappa shape index (κ2) is 3.74. The van der Waals surface area contributed by atoms with Gasteiger partial charge in [0.2, 0.25) is 0 Å². The zero-order valence-corrected chi connectivity index (χ0v) is 8.25. The lowest BCUT2D eigenvalue weighted by Crippen LogP contribution is -2.31. The summed E-state index contributed by atoms with van der Waals surface area (Å²) in [7, 11) is 0. The fourth-order valence-electron chi connectivity index (χ4n) is 1.70. The third-order valence-electron chi connectivity index (χ3n) is 2.38. The predicted octanol–water partition coefficient (Wildman–Crippen LogP) is 0.872. The van der Waals surface area contributed by atoms with Gasteiger partial charge in [-0.05, 0) is 12.5 Å². The molecule has 4 heteroatoms. The first kappa shape index (κ1) is 9.12. The number of amides is 1. The van der Waals surface area contributed by atoms with Gasteiger partial charge in [-0.1, -0.05) is 12.2 Å². The summed E-state index contributed by atoms with van der Waals surface area (Å²) in [5.41, 5.74) is 2.35. The van der Waals surface area contributed by atoms with Crippen molar-refractivity contribution in [1.82, 2.24) is 10.2 Å². The quantitative estimate of drug-likeness (QED) is 0.673. The number of dihydropyridines is 1. The largest absolute Gasteiger partial charge is 0.450 e. The number of nitrogens with zero attached hydrogens (tertiary/aromatic N) is 1. The van der Waals surface area contributed by atoms with Crippen molar-refractivity contribution in [2.75, 3.05) is 26.2 Å². The van der Waals surface area contributed by atoms with Crippen LogP contribution in [0.4, 0.5) is 4.79 Å². The Bertz CT molecular complexity index is 307.